The normalized spacial score (nSPS) is 19.6. The van der Waals surface area contributed by atoms with Gasteiger partial charge < -0.3 is 25.2 Å². The van der Waals surface area contributed by atoms with Crippen LogP contribution in [0.5, 0.6) is 0 Å². The predicted molar refractivity (Wildman–Crippen MR) is 144 cm³/mol. The molecule has 0 radical (unpaired) electrons. The summed E-state index contributed by atoms with van der Waals surface area (Å²) < 4.78 is 10.8. The van der Waals surface area contributed by atoms with E-state index in [0.29, 0.717) is 18.9 Å². The fraction of sp³-hybridized carbons (Fsp3) is 0.500. The van der Waals surface area contributed by atoms with Gasteiger partial charge in [0.05, 0.1) is 0 Å². The summed E-state index contributed by atoms with van der Waals surface area (Å²) in [7, 11) is 0. The summed E-state index contributed by atoms with van der Waals surface area (Å²) >= 11 is 0. The molecule has 2 aliphatic carbocycles. The molecule has 1 atom stereocenters. The molecule has 0 heterocycles. The molecule has 4 rings (SSSR count). The minimum absolute atomic E-state index is 0.0824. The van der Waals surface area contributed by atoms with Crippen LogP contribution in [0, 0.1) is 11.8 Å². The van der Waals surface area contributed by atoms with Gasteiger partial charge in [-0.2, -0.15) is 0 Å². The molecule has 1 unspecified atom stereocenters. The van der Waals surface area contributed by atoms with E-state index in [9.17, 15) is 19.5 Å². The number of benzene rings is 2. The van der Waals surface area contributed by atoms with E-state index in [1.165, 1.54) is 0 Å². The molecule has 3 N–H and O–H groups in total. The predicted octanol–water partition coefficient (Wildman–Crippen LogP) is 5.70. The number of aliphatic carboxylic acids is 1. The third kappa shape index (κ3) is 7.05. The molecular weight excluding hydrogens is 484 g/mol. The van der Waals surface area contributed by atoms with E-state index in [1.807, 2.05) is 57.2 Å². The van der Waals surface area contributed by atoms with Crippen molar-refractivity contribution in [3.63, 3.8) is 0 Å². The average molecular weight is 523 g/mol. The quantitative estimate of drug-likeness (QED) is 0.410. The minimum atomic E-state index is -1.06. The van der Waals surface area contributed by atoms with Gasteiger partial charge in [-0.1, -0.05) is 61.4 Å². The van der Waals surface area contributed by atoms with Gasteiger partial charge in [0.2, 0.25) is 0 Å². The number of rotatable bonds is 8. The lowest BCUT2D eigenvalue weighted by atomic mass is 9.79. The second-order valence-electron chi connectivity index (χ2n) is 11.4. The van der Waals surface area contributed by atoms with Gasteiger partial charge in [-0.3, -0.25) is 0 Å². The highest BCUT2D eigenvalue weighted by Crippen LogP contribution is 2.44. The number of amides is 2. The zero-order valence-corrected chi connectivity index (χ0v) is 22.4. The van der Waals surface area contributed by atoms with Crippen LogP contribution in [0.4, 0.5) is 9.59 Å². The lowest BCUT2D eigenvalue weighted by molar-refractivity contribution is -0.140. The molecule has 2 aromatic rings. The molecule has 0 spiro atoms. The van der Waals surface area contributed by atoms with Crippen molar-refractivity contribution in [2.45, 2.75) is 70.4 Å². The molecule has 2 aliphatic rings. The first-order valence-corrected chi connectivity index (χ1v) is 13.4. The van der Waals surface area contributed by atoms with Crippen LogP contribution in [-0.2, 0) is 14.3 Å². The highest BCUT2D eigenvalue weighted by Gasteiger charge is 2.31. The molecule has 204 valence electrons. The Balaban J connectivity index is 1.24. The van der Waals surface area contributed by atoms with Crippen molar-refractivity contribution in [2.24, 2.45) is 11.8 Å². The van der Waals surface area contributed by atoms with Crippen LogP contribution < -0.4 is 10.6 Å². The van der Waals surface area contributed by atoms with Gasteiger partial charge in [0, 0.05) is 12.5 Å². The molecule has 8 heteroatoms. The van der Waals surface area contributed by atoms with Crippen LogP contribution in [0.3, 0.4) is 0 Å². The Morgan fingerprint density at radius 3 is 2.00 bits per heavy atom. The van der Waals surface area contributed by atoms with Crippen LogP contribution in [0.2, 0.25) is 0 Å². The maximum Gasteiger partial charge on any atom is 0.407 e. The monoisotopic (exact) mass is 522 g/mol. The molecule has 0 aliphatic heterocycles. The highest BCUT2D eigenvalue weighted by atomic mass is 16.6. The molecule has 1 saturated carbocycles. The summed E-state index contributed by atoms with van der Waals surface area (Å²) in [5, 5.41) is 15.2. The number of hydrogen-bond acceptors (Lipinski definition) is 5. The largest absolute Gasteiger partial charge is 0.480 e. The molecule has 0 aromatic heterocycles. The molecule has 8 nitrogen and oxygen atoms in total. The first kappa shape index (κ1) is 27.5. The third-order valence-corrected chi connectivity index (χ3v) is 7.40. The molecule has 0 bridgehead atoms. The summed E-state index contributed by atoms with van der Waals surface area (Å²) in [6, 6.07) is 15.1. The van der Waals surface area contributed by atoms with E-state index in [-0.39, 0.29) is 18.4 Å². The van der Waals surface area contributed by atoms with Gasteiger partial charge in [0.1, 0.15) is 18.2 Å². The van der Waals surface area contributed by atoms with Crippen LogP contribution >= 0.6 is 0 Å². The van der Waals surface area contributed by atoms with Gasteiger partial charge in [-0.15, -0.1) is 0 Å². The van der Waals surface area contributed by atoms with Crippen molar-refractivity contribution >= 4 is 18.2 Å². The average Bonchev–Trinajstić information content (AvgIpc) is 3.19. The first-order chi connectivity index (χ1) is 18.1. The lowest BCUT2D eigenvalue weighted by Crippen LogP contribution is -2.43. The van der Waals surface area contributed by atoms with E-state index in [2.05, 4.69) is 22.8 Å². The fourth-order valence-electron chi connectivity index (χ4n) is 5.55. The standard InChI is InChI=1S/C30H38N2O6/c1-30(2,3)38-28(35)31-17-20-14-12-19(13-15-20)16-26(27(33)34)32-29(36)37-18-25-23-10-6-4-8-21(23)22-9-5-7-11-24(22)25/h4-11,19-20,25-26H,12-18H2,1-3H3,(H,31,35)(H,32,36)(H,33,34). The van der Waals surface area contributed by atoms with E-state index in [1.54, 1.807) is 0 Å². The van der Waals surface area contributed by atoms with Gasteiger partial charge in [-0.25, -0.2) is 14.4 Å². The lowest BCUT2D eigenvalue weighted by Gasteiger charge is -2.30. The van der Waals surface area contributed by atoms with E-state index >= 15 is 0 Å². The topological polar surface area (TPSA) is 114 Å². The van der Waals surface area contributed by atoms with Crippen molar-refractivity contribution in [3.05, 3.63) is 59.7 Å². The Labute approximate surface area is 224 Å². The molecule has 2 aromatic carbocycles. The summed E-state index contributed by atoms with van der Waals surface area (Å²) in [4.78, 5) is 36.4. The molecule has 0 saturated heterocycles. The first-order valence-electron chi connectivity index (χ1n) is 13.4. The SMILES string of the molecule is CC(C)(C)OC(=O)NCC1CCC(CC(NC(=O)OCC2c3ccccc3-c3ccccc32)C(=O)O)CC1. The van der Waals surface area contributed by atoms with Crippen LogP contribution in [0.15, 0.2) is 48.5 Å². The maximum atomic E-state index is 12.6. The Morgan fingerprint density at radius 1 is 0.895 bits per heavy atom. The number of fused-ring (bicyclic) bond motifs is 3. The van der Waals surface area contributed by atoms with E-state index < -0.39 is 29.8 Å². The highest BCUT2D eigenvalue weighted by molar-refractivity contribution is 5.81. The number of ether oxygens (including phenoxy) is 2. The number of hydrogen-bond donors (Lipinski definition) is 3. The van der Waals surface area contributed by atoms with Gasteiger partial charge >= 0.3 is 18.2 Å². The summed E-state index contributed by atoms with van der Waals surface area (Å²) in [5.41, 5.74) is 3.95. The zero-order valence-electron chi connectivity index (χ0n) is 22.4. The number of carboxylic acids is 1. The van der Waals surface area contributed by atoms with Crippen LogP contribution in [-0.4, -0.2) is 48.1 Å². The number of nitrogens with one attached hydrogen (secondary N) is 2. The van der Waals surface area contributed by atoms with Gasteiger partial charge in [-0.05, 0) is 74.1 Å². The van der Waals surface area contributed by atoms with Gasteiger partial charge in [0.25, 0.3) is 0 Å². The van der Waals surface area contributed by atoms with E-state index in [0.717, 1.165) is 47.9 Å². The van der Waals surface area contributed by atoms with Crippen molar-refractivity contribution in [2.75, 3.05) is 13.2 Å². The van der Waals surface area contributed by atoms with Crippen molar-refractivity contribution < 1.29 is 29.0 Å². The smallest absolute Gasteiger partial charge is 0.407 e. The molecule has 1 fully saturated rings. The Hall–Kier alpha value is -3.55. The Morgan fingerprint density at radius 2 is 1.45 bits per heavy atom. The van der Waals surface area contributed by atoms with Crippen molar-refractivity contribution in [1.29, 1.82) is 0 Å². The molecule has 2 amide bonds. The number of carbonyl (C=O) groups excluding carboxylic acids is 2. The Kier molecular flexibility index (Phi) is 8.59. The summed E-state index contributed by atoms with van der Waals surface area (Å²) in [5.74, 6) is -0.631. The minimum Gasteiger partial charge on any atom is -0.480 e. The van der Waals surface area contributed by atoms with Crippen molar-refractivity contribution in [3.8, 4) is 11.1 Å². The second kappa shape index (κ2) is 11.9. The van der Waals surface area contributed by atoms with Gasteiger partial charge in [0.15, 0.2) is 0 Å². The second-order valence-corrected chi connectivity index (χ2v) is 11.4. The van der Waals surface area contributed by atoms with E-state index in [4.69, 9.17) is 9.47 Å². The van der Waals surface area contributed by atoms with Crippen LogP contribution in [0.1, 0.15) is 69.9 Å². The Bertz CT molecular complexity index is 1100. The van der Waals surface area contributed by atoms with Crippen molar-refractivity contribution in [1.82, 2.24) is 10.6 Å². The maximum absolute atomic E-state index is 12.6. The third-order valence-electron chi connectivity index (χ3n) is 7.40. The number of carboxylic acid groups (broad SMARTS) is 1. The zero-order chi connectivity index (χ0) is 27.3. The number of carbonyl (C=O) groups is 3. The van der Waals surface area contributed by atoms with Crippen LogP contribution in [0.25, 0.3) is 11.1 Å². The molecular formula is C30H38N2O6. The molecule has 38 heavy (non-hydrogen) atoms. The number of alkyl carbamates (subject to hydrolysis) is 2. The fourth-order valence-corrected chi connectivity index (χ4v) is 5.55. The summed E-state index contributed by atoms with van der Waals surface area (Å²) in [6.45, 7) is 6.16. The summed E-state index contributed by atoms with van der Waals surface area (Å²) in [6.07, 6.45) is 2.68.